The zero-order valence-corrected chi connectivity index (χ0v) is 22.8. The summed E-state index contributed by atoms with van der Waals surface area (Å²) in [7, 11) is 0. The van der Waals surface area contributed by atoms with E-state index in [1.807, 2.05) is 74.5 Å². The molecule has 38 heavy (non-hydrogen) atoms. The molecule has 3 aromatic rings. The van der Waals surface area contributed by atoms with Crippen molar-refractivity contribution in [1.82, 2.24) is 10.2 Å². The third-order valence-electron chi connectivity index (χ3n) is 6.93. The van der Waals surface area contributed by atoms with Crippen LogP contribution in [-0.4, -0.2) is 41.0 Å². The summed E-state index contributed by atoms with van der Waals surface area (Å²) < 4.78 is 5.30. The Balaban J connectivity index is 1.64. The van der Waals surface area contributed by atoms with E-state index in [4.69, 9.17) is 4.74 Å². The van der Waals surface area contributed by atoms with E-state index in [2.05, 4.69) is 10.6 Å². The van der Waals surface area contributed by atoms with Crippen molar-refractivity contribution in [2.45, 2.75) is 71.6 Å². The number of rotatable bonds is 7. The highest BCUT2D eigenvalue weighted by Gasteiger charge is 2.39. The molecule has 1 aliphatic carbocycles. The number of nitrogens with one attached hydrogen (secondary N) is 2. The van der Waals surface area contributed by atoms with E-state index in [9.17, 15) is 14.4 Å². The number of nitrogens with zero attached hydrogens (tertiary/aromatic N) is 1. The van der Waals surface area contributed by atoms with Crippen LogP contribution in [0.3, 0.4) is 0 Å². The minimum atomic E-state index is -0.848. The van der Waals surface area contributed by atoms with E-state index in [1.54, 1.807) is 25.7 Å². The largest absolute Gasteiger partial charge is 0.444 e. The second kappa shape index (κ2) is 11.3. The molecule has 0 heterocycles. The van der Waals surface area contributed by atoms with E-state index in [0.29, 0.717) is 5.69 Å². The highest BCUT2D eigenvalue weighted by atomic mass is 16.6. The molecule has 0 radical (unpaired) electrons. The Labute approximate surface area is 224 Å². The van der Waals surface area contributed by atoms with Gasteiger partial charge in [0.2, 0.25) is 5.91 Å². The van der Waals surface area contributed by atoms with Crippen LogP contribution >= 0.6 is 0 Å². The fraction of sp³-hybridized carbons (Fsp3) is 0.387. The van der Waals surface area contributed by atoms with Gasteiger partial charge in [0, 0.05) is 11.7 Å². The first-order valence-corrected chi connectivity index (χ1v) is 13.2. The predicted octanol–water partition coefficient (Wildman–Crippen LogP) is 6.04. The summed E-state index contributed by atoms with van der Waals surface area (Å²) in [6, 6.07) is 18.7. The van der Waals surface area contributed by atoms with Gasteiger partial charge in [-0.2, -0.15) is 0 Å². The summed E-state index contributed by atoms with van der Waals surface area (Å²) in [4.78, 5) is 41.5. The molecule has 0 saturated heterocycles. The molecule has 1 fully saturated rings. The third-order valence-corrected chi connectivity index (χ3v) is 6.93. The average Bonchev–Trinajstić information content (AvgIpc) is 2.82. The maximum Gasteiger partial charge on any atom is 0.408 e. The van der Waals surface area contributed by atoms with Crippen LogP contribution in [0.1, 0.15) is 62.8 Å². The Bertz CT molecular complexity index is 1340. The van der Waals surface area contributed by atoms with Gasteiger partial charge in [-0.25, -0.2) is 4.79 Å². The lowest BCUT2D eigenvalue weighted by molar-refractivity contribution is -0.143. The van der Waals surface area contributed by atoms with E-state index >= 15 is 0 Å². The normalized spacial score (nSPS) is 14.3. The second-order valence-corrected chi connectivity index (χ2v) is 11.0. The first-order chi connectivity index (χ1) is 18.0. The Morgan fingerprint density at radius 2 is 1.66 bits per heavy atom. The number of alkyl carbamates (subject to hydrolysis) is 1. The molecule has 3 amide bonds. The first-order valence-electron chi connectivity index (χ1n) is 13.2. The van der Waals surface area contributed by atoms with Gasteiger partial charge in [0.15, 0.2) is 0 Å². The number of benzene rings is 3. The first kappa shape index (κ1) is 27.2. The lowest BCUT2D eigenvalue weighted by Crippen LogP contribution is -2.53. The van der Waals surface area contributed by atoms with E-state index in [1.165, 1.54) is 0 Å². The third kappa shape index (κ3) is 6.52. The van der Waals surface area contributed by atoms with Crippen LogP contribution in [0.25, 0.3) is 10.8 Å². The van der Waals surface area contributed by atoms with E-state index < -0.39 is 17.7 Å². The molecule has 4 rings (SSSR count). The maximum atomic E-state index is 13.9. The molecule has 1 unspecified atom stereocenters. The van der Waals surface area contributed by atoms with Crippen molar-refractivity contribution in [1.29, 1.82) is 0 Å². The summed E-state index contributed by atoms with van der Waals surface area (Å²) >= 11 is 0. The molecule has 7 nitrogen and oxygen atoms in total. The SMILES string of the molecule is Cc1ccc(C(C(=O)Nc2ccc3ccccc3c2)N(C(=O)CNC(=O)OC(C)(C)C)C2CCC2)cc1C. The van der Waals surface area contributed by atoms with Gasteiger partial charge in [-0.3, -0.25) is 9.59 Å². The fourth-order valence-corrected chi connectivity index (χ4v) is 4.63. The van der Waals surface area contributed by atoms with Crippen LogP contribution in [-0.2, 0) is 14.3 Å². The van der Waals surface area contributed by atoms with Gasteiger partial charge in [-0.05, 0) is 93.5 Å². The standard InChI is InChI=1S/C31H37N3O4/c1-20-13-14-24(17-21(20)2)28(29(36)33-25-16-15-22-9-6-7-10-23(22)18-25)34(26-11-8-12-26)27(35)19-32-30(37)38-31(3,4)5/h6-7,9-10,13-18,26,28H,8,11-12,19H2,1-5H3,(H,32,37)(H,33,36). The molecule has 2 N–H and O–H groups in total. The number of carbonyl (C=O) groups excluding carboxylic acids is 3. The zero-order chi connectivity index (χ0) is 27.4. The molecular formula is C31H37N3O4. The summed E-state index contributed by atoms with van der Waals surface area (Å²) in [6.45, 7) is 9.06. The lowest BCUT2D eigenvalue weighted by atomic mass is 9.88. The summed E-state index contributed by atoms with van der Waals surface area (Å²) in [6.07, 6.45) is 1.94. The highest BCUT2D eigenvalue weighted by Crippen LogP contribution is 2.34. The zero-order valence-electron chi connectivity index (χ0n) is 22.8. The molecule has 0 bridgehead atoms. The van der Waals surface area contributed by atoms with Gasteiger partial charge >= 0.3 is 6.09 Å². The van der Waals surface area contributed by atoms with Crippen molar-refractivity contribution in [2.75, 3.05) is 11.9 Å². The van der Waals surface area contributed by atoms with Gasteiger partial charge in [0.25, 0.3) is 5.91 Å². The maximum absolute atomic E-state index is 13.9. The minimum absolute atomic E-state index is 0.0862. The molecule has 7 heteroatoms. The summed E-state index contributed by atoms with van der Waals surface area (Å²) in [5, 5.41) is 7.72. The van der Waals surface area contributed by atoms with Gasteiger partial charge in [0.05, 0.1) is 0 Å². The van der Waals surface area contributed by atoms with Crippen LogP contribution in [0.4, 0.5) is 10.5 Å². The highest BCUT2D eigenvalue weighted by molar-refractivity contribution is 6.00. The number of fused-ring (bicyclic) bond motifs is 1. The van der Waals surface area contributed by atoms with E-state index in [-0.39, 0.29) is 24.4 Å². The summed E-state index contributed by atoms with van der Waals surface area (Å²) in [5.41, 5.74) is 2.87. The van der Waals surface area contributed by atoms with Gasteiger partial charge in [0.1, 0.15) is 18.2 Å². The molecule has 200 valence electrons. The Hall–Kier alpha value is -3.87. The second-order valence-electron chi connectivity index (χ2n) is 11.0. The molecule has 0 spiro atoms. The van der Waals surface area contributed by atoms with Gasteiger partial charge < -0.3 is 20.3 Å². The number of amides is 3. The van der Waals surface area contributed by atoms with Crippen molar-refractivity contribution in [3.63, 3.8) is 0 Å². The number of ether oxygens (including phenoxy) is 1. The van der Waals surface area contributed by atoms with Gasteiger partial charge in [-0.15, -0.1) is 0 Å². The number of carbonyl (C=O) groups is 3. The quantitative estimate of drug-likeness (QED) is 0.401. The van der Waals surface area contributed by atoms with Gasteiger partial charge in [-0.1, -0.05) is 48.5 Å². The van der Waals surface area contributed by atoms with Crippen LogP contribution in [0, 0.1) is 13.8 Å². The van der Waals surface area contributed by atoms with Crippen LogP contribution in [0.2, 0.25) is 0 Å². The summed E-state index contributed by atoms with van der Waals surface area (Å²) in [5.74, 6) is -0.612. The minimum Gasteiger partial charge on any atom is -0.444 e. The molecule has 3 aromatic carbocycles. The average molecular weight is 516 g/mol. The monoisotopic (exact) mass is 515 g/mol. The van der Waals surface area contributed by atoms with Crippen LogP contribution in [0.5, 0.6) is 0 Å². The fourth-order valence-electron chi connectivity index (χ4n) is 4.63. The number of aryl methyl sites for hydroxylation is 2. The molecular weight excluding hydrogens is 478 g/mol. The molecule has 1 saturated carbocycles. The lowest BCUT2D eigenvalue weighted by Gasteiger charge is -2.42. The number of hydrogen-bond acceptors (Lipinski definition) is 4. The Morgan fingerprint density at radius 1 is 0.947 bits per heavy atom. The van der Waals surface area contributed by atoms with Crippen LogP contribution in [0.15, 0.2) is 60.7 Å². The molecule has 1 aliphatic rings. The Kier molecular flexibility index (Phi) is 8.05. The van der Waals surface area contributed by atoms with Crippen molar-refractivity contribution in [3.8, 4) is 0 Å². The molecule has 0 aliphatic heterocycles. The van der Waals surface area contributed by atoms with E-state index in [0.717, 1.165) is 46.7 Å². The van der Waals surface area contributed by atoms with Crippen LogP contribution < -0.4 is 10.6 Å². The Morgan fingerprint density at radius 3 is 2.29 bits per heavy atom. The van der Waals surface area contributed by atoms with Crippen molar-refractivity contribution in [2.24, 2.45) is 0 Å². The topological polar surface area (TPSA) is 87.7 Å². The smallest absolute Gasteiger partial charge is 0.408 e. The molecule has 0 aromatic heterocycles. The predicted molar refractivity (Wildman–Crippen MR) is 150 cm³/mol. The molecule has 1 atom stereocenters. The van der Waals surface area contributed by atoms with Crippen molar-refractivity contribution in [3.05, 3.63) is 77.4 Å². The number of hydrogen-bond donors (Lipinski definition) is 2. The van der Waals surface area contributed by atoms with Crippen molar-refractivity contribution >= 4 is 34.4 Å². The number of anilines is 1. The van der Waals surface area contributed by atoms with Crippen molar-refractivity contribution < 1.29 is 19.1 Å².